The van der Waals surface area contributed by atoms with E-state index < -0.39 is 0 Å². The van der Waals surface area contributed by atoms with Crippen LogP contribution in [0.3, 0.4) is 0 Å². The van der Waals surface area contributed by atoms with Gasteiger partial charge in [-0.2, -0.15) is 5.26 Å². The minimum absolute atomic E-state index is 0.163. The lowest BCUT2D eigenvalue weighted by atomic mass is 10.2. The van der Waals surface area contributed by atoms with Gasteiger partial charge in [0.15, 0.2) is 0 Å². The molecule has 74 valence electrons. The van der Waals surface area contributed by atoms with Crippen molar-refractivity contribution in [3.8, 4) is 6.07 Å². The molecule has 1 aliphatic rings. The summed E-state index contributed by atoms with van der Waals surface area (Å²) in [7, 11) is 2.03. The molecule has 0 aliphatic heterocycles. The zero-order valence-electron chi connectivity index (χ0n) is 7.96. The van der Waals surface area contributed by atoms with Gasteiger partial charge >= 0.3 is 0 Å². The second-order valence-corrected chi connectivity index (χ2v) is 5.55. The van der Waals surface area contributed by atoms with Gasteiger partial charge in [-0.1, -0.05) is 0 Å². The molecule has 1 heterocycles. The molecule has 0 N–H and O–H groups in total. The van der Waals surface area contributed by atoms with E-state index in [9.17, 15) is 0 Å². The summed E-state index contributed by atoms with van der Waals surface area (Å²) < 4.78 is 1.16. The van der Waals surface area contributed by atoms with Crippen LogP contribution in [0, 0.1) is 11.3 Å². The second-order valence-electron chi connectivity index (χ2n) is 3.69. The molecule has 0 saturated heterocycles. The fourth-order valence-corrected chi connectivity index (χ4v) is 3.03. The van der Waals surface area contributed by atoms with Gasteiger partial charge in [0, 0.05) is 15.9 Å². The molecule has 0 aromatic carbocycles. The number of rotatable bonds is 3. The van der Waals surface area contributed by atoms with Crippen LogP contribution in [0.5, 0.6) is 0 Å². The van der Waals surface area contributed by atoms with Crippen LogP contribution >= 0.6 is 27.3 Å². The van der Waals surface area contributed by atoms with E-state index in [-0.39, 0.29) is 5.54 Å². The van der Waals surface area contributed by atoms with Crippen molar-refractivity contribution >= 4 is 27.3 Å². The summed E-state index contributed by atoms with van der Waals surface area (Å²) in [6.07, 6.45) is 2.03. The molecule has 1 aromatic rings. The maximum atomic E-state index is 9.02. The molecule has 0 bridgehead atoms. The molecule has 1 fully saturated rings. The van der Waals surface area contributed by atoms with E-state index in [0.29, 0.717) is 0 Å². The summed E-state index contributed by atoms with van der Waals surface area (Å²) in [5.74, 6) is 0. The van der Waals surface area contributed by atoms with E-state index in [1.54, 1.807) is 11.3 Å². The molecule has 0 radical (unpaired) electrons. The van der Waals surface area contributed by atoms with Crippen molar-refractivity contribution in [2.24, 2.45) is 0 Å². The largest absolute Gasteiger partial charge is 0.283 e. The summed E-state index contributed by atoms with van der Waals surface area (Å²) in [4.78, 5) is 3.46. The molecule has 2 rings (SSSR count). The monoisotopic (exact) mass is 270 g/mol. The van der Waals surface area contributed by atoms with E-state index in [0.717, 1.165) is 23.9 Å². The highest BCUT2D eigenvalue weighted by atomic mass is 79.9. The van der Waals surface area contributed by atoms with Gasteiger partial charge in [0.05, 0.1) is 6.07 Å². The Kier molecular flexibility index (Phi) is 2.65. The molecular weight excluding hydrogens is 260 g/mol. The number of thiophene rings is 1. The highest BCUT2D eigenvalue weighted by Gasteiger charge is 2.47. The van der Waals surface area contributed by atoms with Crippen LogP contribution in [0.4, 0.5) is 0 Å². The van der Waals surface area contributed by atoms with Crippen molar-refractivity contribution in [1.82, 2.24) is 4.90 Å². The third-order valence-corrected chi connectivity index (χ3v) is 4.65. The summed E-state index contributed by atoms with van der Waals surface area (Å²) in [5, 5.41) is 11.1. The van der Waals surface area contributed by atoms with E-state index in [2.05, 4.69) is 38.3 Å². The SMILES string of the molecule is CN(Cc1sccc1Br)C1(C#N)CC1. The standard InChI is InChI=1S/C10H11BrN2S/c1-13(10(7-12)3-4-10)6-9-8(11)2-5-14-9/h2,5H,3-4,6H2,1H3. The summed E-state index contributed by atoms with van der Waals surface area (Å²) in [5.41, 5.74) is -0.163. The fourth-order valence-electron chi connectivity index (χ4n) is 1.50. The number of hydrogen-bond donors (Lipinski definition) is 0. The minimum atomic E-state index is -0.163. The van der Waals surface area contributed by atoms with E-state index in [1.807, 2.05) is 7.05 Å². The topological polar surface area (TPSA) is 27.0 Å². The highest BCUT2D eigenvalue weighted by Crippen LogP contribution is 2.41. The average molecular weight is 271 g/mol. The van der Waals surface area contributed by atoms with Gasteiger partial charge in [-0.05, 0) is 47.3 Å². The smallest absolute Gasteiger partial charge is 0.109 e. The zero-order chi connectivity index (χ0) is 10.2. The molecule has 0 unspecified atom stereocenters. The first-order valence-corrected chi connectivity index (χ1v) is 6.19. The summed E-state index contributed by atoms with van der Waals surface area (Å²) >= 11 is 5.24. The van der Waals surface area contributed by atoms with Gasteiger partial charge in [0.2, 0.25) is 0 Å². The van der Waals surface area contributed by atoms with Gasteiger partial charge in [0.25, 0.3) is 0 Å². The Morgan fingerprint density at radius 1 is 1.71 bits per heavy atom. The molecule has 0 spiro atoms. The number of nitriles is 1. The molecule has 0 amide bonds. The lowest BCUT2D eigenvalue weighted by Gasteiger charge is -2.20. The maximum absolute atomic E-state index is 9.02. The Balaban J connectivity index is 2.06. The van der Waals surface area contributed by atoms with Gasteiger partial charge in [0.1, 0.15) is 5.54 Å². The molecule has 4 heteroatoms. The Hall–Kier alpha value is -0.370. The third kappa shape index (κ3) is 1.72. The quantitative estimate of drug-likeness (QED) is 0.845. The molecule has 14 heavy (non-hydrogen) atoms. The molecular formula is C10H11BrN2S. The number of hydrogen-bond acceptors (Lipinski definition) is 3. The first-order valence-electron chi connectivity index (χ1n) is 4.52. The predicted octanol–water partition coefficient (Wildman–Crippen LogP) is 3.00. The van der Waals surface area contributed by atoms with Crippen LogP contribution in [0.15, 0.2) is 15.9 Å². The van der Waals surface area contributed by atoms with Gasteiger partial charge in [-0.25, -0.2) is 0 Å². The fraction of sp³-hybridized carbons (Fsp3) is 0.500. The molecule has 1 saturated carbocycles. The number of halogens is 1. The summed E-state index contributed by atoms with van der Waals surface area (Å²) in [6.45, 7) is 0.867. The Labute approximate surface area is 96.3 Å². The molecule has 2 nitrogen and oxygen atoms in total. The van der Waals surface area contributed by atoms with E-state index in [1.165, 1.54) is 4.88 Å². The lowest BCUT2D eigenvalue weighted by Crippen LogP contribution is -2.31. The average Bonchev–Trinajstić information content (AvgIpc) is 2.89. The van der Waals surface area contributed by atoms with Gasteiger partial charge in [-0.3, -0.25) is 4.90 Å². The van der Waals surface area contributed by atoms with Crippen molar-refractivity contribution < 1.29 is 0 Å². The van der Waals surface area contributed by atoms with Crippen molar-refractivity contribution in [1.29, 1.82) is 5.26 Å². The Morgan fingerprint density at radius 3 is 2.86 bits per heavy atom. The van der Waals surface area contributed by atoms with Crippen molar-refractivity contribution in [2.45, 2.75) is 24.9 Å². The zero-order valence-corrected chi connectivity index (χ0v) is 10.4. The van der Waals surface area contributed by atoms with Crippen LogP contribution in [-0.4, -0.2) is 17.5 Å². The Morgan fingerprint density at radius 2 is 2.43 bits per heavy atom. The molecule has 0 atom stereocenters. The van der Waals surface area contributed by atoms with Crippen LogP contribution in [0.2, 0.25) is 0 Å². The van der Waals surface area contributed by atoms with Crippen LogP contribution in [-0.2, 0) is 6.54 Å². The molecule has 1 aliphatic carbocycles. The van der Waals surface area contributed by atoms with Gasteiger partial charge < -0.3 is 0 Å². The van der Waals surface area contributed by atoms with Crippen molar-refractivity contribution in [3.05, 3.63) is 20.8 Å². The minimum Gasteiger partial charge on any atom is -0.283 e. The highest BCUT2D eigenvalue weighted by molar-refractivity contribution is 9.10. The third-order valence-electron chi connectivity index (χ3n) is 2.73. The summed E-state index contributed by atoms with van der Waals surface area (Å²) in [6, 6.07) is 4.45. The van der Waals surface area contributed by atoms with Crippen molar-refractivity contribution in [2.75, 3.05) is 7.05 Å². The predicted molar refractivity (Wildman–Crippen MR) is 61.1 cm³/mol. The maximum Gasteiger partial charge on any atom is 0.109 e. The van der Waals surface area contributed by atoms with E-state index in [4.69, 9.17) is 5.26 Å². The van der Waals surface area contributed by atoms with E-state index >= 15 is 0 Å². The Bertz CT molecular complexity index is 376. The first-order chi connectivity index (χ1) is 6.68. The normalized spacial score (nSPS) is 18.1. The molecule has 1 aromatic heterocycles. The van der Waals surface area contributed by atoms with Crippen LogP contribution in [0.25, 0.3) is 0 Å². The van der Waals surface area contributed by atoms with Gasteiger partial charge in [-0.15, -0.1) is 11.3 Å². The van der Waals surface area contributed by atoms with Crippen LogP contribution in [0.1, 0.15) is 17.7 Å². The first kappa shape index (κ1) is 10.2. The number of nitrogens with zero attached hydrogens (tertiary/aromatic N) is 2. The lowest BCUT2D eigenvalue weighted by molar-refractivity contribution is 0.264. The van der Waals surface area contributed by atoms with Crippen molar-refractivity contribution in [3.63, 3.8) is 0 Å². The second kappa shape index (κ2) is 3.65. The van der Waals surface area contributed by atoms with Crippen LogP contribution < -0.4 is 0 Å².